The molecule has 3 rings (SSSR count). The maximum atomic E-state index is 12.5. The lowest BCUT2D eigenvalue weighted by Crippen LogP contribution is -2.13. The second-order valence-electron chi connectivity index (χ2n) is 5.37. The molecule has 0 saturated carbocycles. The van der Waals surface area contributed by atoms with Crippen LogP contribution in [0.15, 0.2) is 43.0 Å². The van der Waals surface area contributed by atoms with E-state index in [1.54, 1.807) is 11.0 Å². The van der Waals surface area contributed by atoms with E-state index in [0.29, 0.717) is 5.56 Å². The number of hydrogen-bond donors (Lipinski definition) is 1. The average molecular weight is 309 g/mol. The first-order valence-corrected chi connectivity index (χ1v) is 7.53. The van der Waals surface area contributed by atoms with Crippen LogP contribution in [0.5, 0.6) is 0 Å². The molecule has 6 nitrogen and oxygen atoms in total. The van der Waals surface area contributed by atoms with Gasteiger partial charge < -0.3 is 9.88 Å². The van der Waals surface area contributed by atoms with E-state index in [1.165, 1.54) is 6.33 Å². The molecule has 2 heterocycles. The smallest absolute Gasteiger partial charge is 0.257 e. The molecular weight excluding hydrogens is 290 g/mol. The minimum absolute atomic E-state index is 0.0914. The summed E-state index contributed by atoms with van der Waals surface area (Å²) in [5, 5.41) is 7.01. The summed E-state index contributed by atoms with van der Waals surface area (Å²) in [6.45, 7) is 6.92. The Kier molecular flexibility index (Phi) is 3.97. The molecule has 0 spiro atoms. The van der Waals surface area contributed by atoms with Crippen molar-refractivity contribution in [1.29, 1.82) is 0 Å². The monoisotopic (exact) mass is 309 g/mol. The van der Waals surface area contributed by atoms with Gasteiger partial charge in [-0.2, -0.15) is 5.10 Å². The number of aromatic nitrogens is 4. The summed E-state index contributed by atoms with van der Waals surface area (Å²) in [6.07, 6.45) is 3.12. The number of carbonyl (C=O) groups is 1. The first kappa shape index (κ1) is 15.0. The van der Waals surface area contributed by atoms with E-state index >= 15 is 0 Å². The van der Waals surface area contributed by atoms with E-state index in [2.05, 4.69) is 26.9 Å². The highest BCUT2D eigenvalue weighted by Crippen LogP contribution is 2.18. The van der Waals surface area contributed by atoms with E-state index in [9.17, 15) is 4.79 Å². The highest BCUT2D eigenvalue weighted by molar-refractivity contribution is 6.05. The van der Waals surface area contributed by atoms with Gasteiger partial charge in [-0.15, -0.1) is 0 Å². The predicted molar refractivity (Wildman–Crippen MR) is 88.9 cm³/mol. The van der Waals surface area contributed by atoms with Crippen molar-refractivity contribution < 1.29 is 4.79 Å². The molecule has 0 saturated heterocycles. The standard InChI is InChI=1S/C17H19N5O/c1-4-21-12(2)9-16(13(21)3)17(23)20-14-5-7-15(8-6-14)22-11-18-10-19-22/h5-11H,4H2,1-3H3,(H,20,23). The number of hydrogen-bond acceptors (Lipinski definition) is 3. The quantitative estimate of drug-likeness (QED) is 0.806. The van der Waals surface area contributed by atoms with Crippen LogP contribution in [0, 0.1) is 13.8 Å². The molecule has 0 bridgehead atoms. The number of carbonyl (C=O) groups excluding carboxylic acids is 1. The van der Waals surface area contributed by atoms with Gasteiger partial charge in [-0.25, -0.2) is 9.67 Å². The summed E-state index contributed by atoms with van der Waals surface area (Å²) in [7, 11) is 0. The van der Waals surface area contributed by atoms with E-state index in [0.717, 1.165) is 29.3 Å². The molecule has 3 aromatic rings. The second-order valence-corrected chi connectivity index (χ2v) is 5.37. The maximum absolute atomic E-state index is 12.5. The number of rotatable bonds is 4. The first-order chi connectivity index (χ1) is 11.1. The van der Waals surface area contributed by atoms with Gasteiger partial charge >= 0.3 is 0 Å². The van der Waals surface area contributed by atoms with Crippen molar-refractivity contribution in [2.45, 2.75) is 27.3 Å². The summed E-state index contributed by atoms with van der Waals surface area (Å²) < 4.78 is 3.79. The van der Waals surface area contributed by atoms with Crippen molar-refractivity contribution >= 4 is 11.6 Å². The van der Waals surface area contributed by atoms with Crippen molar-refractivity contribution in [2.24, 2.45) is 0 Å². The predicted octanol–water partition coefficient (Wildman–Crippen LogP) is 2.96. The van der Waals surface area contributed by atoms with Gasteiger partial charge in [0.2, 0.25) is 0 Å². The number of anilines is 1. The molecule has 0 radical (unpaired) electrons. The van der Waals surface area contributed by atoms with E-state index in [-0.39, 0.29) is 5.91 Å². The molecule has 0 atom stereocenters. The van der Waals surface area contributed by atoms with Crippen molar-refractivity contribution in [3.05, 3.63) is 59.9 Å². The summed E-state index contributed by atoms with van der Waals surface area (Å²) in [6, 6.07) is 9.42. The molecule has 1 N–H and O–H groups in total. The lowest BCUT2D eigenvalue weighted by atomic mass is 10.2. The zero-order valence-electron chi connectivity index (χ0n) is 13.4. The third-order valence-corrected chi connectivity index (χ3v) is 3.94. The van der Waals surface area contributed by atoms with Crippen LogP contribution >= 0.6 is 0 Å². The minimum Gasteiger partial charge on any atom is -0.349 e. The van der Waals surface area contributed by atoms with Crippen molar-refractivity contribution in [1.82, 2.24) is 19.3 Å². The topological polar surface area (TPSA) is 64.7 Å². The van der Waals surface area contributed by atoms with Crippen LogP contribution in [-0.2, 0) is 6.54 Å². The van der Waals surface area contributed by atoms with Crippen LogP contribution < -0.4 is 5.32 Å². The van der Waals surface area contributed by atoms with Crippen LogP contribution in [0.3, 0.4) is 0 Å². The Hall–Kier alpha value is -2.89. The maximum Gasteiger partial charge on any atom is 0.257 e. The highest BCUT2D eigenvalue weighted by atomic mass is 16.1. The molecule has 23 heavy (non-hydrogen) atoms. The fourth-order valence-corrected chi connectivity index (χ4v) is 2.76. The van der Waals surface area contributed by atoms with Gasteiger partial charge in [0.15, 0.2) is 0 Å². The average Bonchev–Trinajstić information content (AvgIpc) is 3.16. The van der Waals surface area contributed by atoms with Gasteiger partial charge in [-0.3, -0.25) is 4.79 Å². The minimum atomic E-state index is -0.0914. The molecular formula is C17H19N5O. The number of amides is 1. The molecule has 0 aliphatic rings. The Morgan fingerprint density at radius 3 is 2.52 bits per heavy atom. The molecule has 2 aromatic heterocycles. The third-order valence-electron chi connectivity index (χ3n) is 3.94. The first-order valence-electron chi connectivity index (χ1n) is 7.53. The Morgan fingerprint density at radius 1 is 1.22 bits per heavy atom. The highest BCUT2D eigenvalue weighted by Gasteiger charge is 2.15. The number of aryl methyl sites for hydroxylation is 1. The molecule has 1 aromatic carbocycles. The van der Waals surface area contributed by atoms with Crippen LogP contribution in [0.2, 0.25) is 0 Å². The van der Waals surface area contributed by atoms with E-state index < -0.39 is 0 Å². The molecule has 0 unspecified atom stereocenters. The zero-order valence-corrected chi connectivity index (χ0v) is 13.4. The van der Waals surface area contributed by atoms with E-state index in [1.807, 2.05) is 44.2 Å². The van der Waals surface area contributed by atoms with Gasteiger partial charge in [0, 0.05) is 23.6 Å². The van der Waals surface area contributed by atoms with Crippen LogP contribution in [0.4, 0.5) is 5.69 Å². The van der Waals surface area contributed by atoms with Gasteiger partial charge in [0.05, 0.1) is 11.3 Å². The third kappa shape index (κ3) is 2.88. The normalized spacial score (nSPS) is 10.7. The van der Waals surface area contributed by atoms with Gasteiger partial charge in [0.25, 0.3) is 5.91 Å². The Bertz CT molecular complexity index is 816. The lowest BCUT2D eigenvalue weighted by molar-refractivity contribution is 0.102. The summed E-state index contributed by atoms with van der Waals surface area (Å²) >= 11 is 0. The van der Waals surface area contributed by atoms with Crippen LogP contribution in [0.25, 0.3) is 5.69 Å². The van der Waals surface area contributed by atoms with Crippen molar-refractivity contribution in [3.8, 4) is 5.69 Å². The second kappa shape index (κ2) is 6.08. The summed E-state index contributed by atoms with van der Waals surface area (Å²) in [4.78, 5) is 16.4. The van der Waals surface area contributed by atoms with Crippen molar-refractivity contribution in [3.63, 3.8) is 0 Å². The molecule has 0 aliphatic heterocycles. The Balaban J connectivity index is 1.78. The number of nitrogens with zero attached hydrogens (tertiary/aromatic N) is 4. The zero-order chi connectivity index (χ0) is 16.4. The van der Waals surface area contributed by atoms with Crippen LogP contribution in [-0.4, -0.2) is 25.2 Å². The molecule has 1 amide bonds. The lowest BCUT2D eigenvalue weighted by Gasteiger charge is -2.08. The van der Waals surface area contributed by atoms with Gasteiger partial charge in [-0.1, -0.05) is 0 Å². The largest absolute Gasteiger partial charge is 0.349 e. The van der Waals surface area contributed by atoms with Crippen molar-refractivity contribution in [2.75, 3.05) is 5.32 Å². The summed E-state index contributed by atoms with van der Waals surface area (Å²) in [5.41, 5.74) is 4.44. The van der Waals surface area contributed by atoms with E-state index in [4.69, 9.17) is 0 Å². The van der Waals surface area contributed by atoms with Crippen LogP contribution in [0.1, 0.15) is 28.7 Å². The molecule has 118 valence electrons. The van der Waals surface area contributed by atoms with Gasteiger partial charge in [0.1, 0.15) is 12.7 Å². The molecule has 0 fully saturated rings. The fourth-order valence-electron chi connectivity index (χ4n) is 2.76. The number of benzene rings is 1. The fraction of sp³-hybridized carbons (Fsp3) is 0.235. The molecule has 0 aliphatic carbocycles. The number of nitrogens with one attached hydrogen (secondary N) is 1. The SMILES string of the molecule is CCn1c(C)cc(C(=O)Nc2ccc(-n3cncn3)cc2)c1C. The Labute approximate surface area is 134 Å². The van der Waals surface area contributed by atoms with Gasteiger partial charge in [-0.05, 0) is 51.1 Å². The molecule has 6 heteroatoms. The Morgan fingerprint density at radius 2 is 1.96 bits per heavy atom. The summed E-state index contributed by atoms with van der Waals surface area (Å²) in [5.74, 6) is -0.0914.